The first-order valence-electron chi connectivity index (χ1n) is 5.18. The van der Waals surface area contributed by atoms with Crippen LogP contribution in [0.5, 0.6) is 0 Å². The van der Waals surface area contributed by atoms with Crippen molar-refractivity contribution in [1.82, 2.24) is 20.0 Å². The molecule has 0 bridgehead atoms. The van der Waals surface area contributed by atoms with Crippen molar-refractivity contribution >= 4 is 11.6 Å². The lowest BCUT2D eigenvalue weighted by atomic mass is 10.1. The van der Waals surface area contributed by atoms with Crippen molar-refractivity contribution < 1.29 is 0 Å². The van der Waals surface area contributed by atoms with E-state index in [0.29, 0.717) is 6.04 Å². The van der Waals surface area contributed by atoms with Gasteiger partial charge < -0.3 is 5.32 Å². The summed E-state index contributed by atoms with van der Waals surface area (Å²) in [6.07, 6.45) is 0. The van der Waals surface area contributed by atoms with E-state index in [2.05, 4.69) is 22.4 Å². The first kappa shape index (κ1) is 10.9. The van der Waals surface area contributed by atoms with Crippen LogP contribution in [0.4, 0.5) is 0 Å². The topological polar surface area (TPSA) is 33.1 Å². The van der Waals surface area contributed by atoms with Gasteiger partial charge in [0, 0.05) is 32.7 Å². The standard InChI is InChI=1S/C10H17ClN4/c1-7-10(11)9(13-15(7)3)6-14(2)8-4-12-5-8/h8,12H,4-6H2,1-3H3. The summed E-state index contributed by atoms with van der Waals surface area (Å²) in [5.74, 6) is 0. The van der Waals surface area contributed by atoms with Gasteiger partial charge >= 0.3 is 0 Å². The second-order valence-corrected chi connectivity index (χ2v) is 4.57. The SMILES string of the molecule is Cc1c(Cl)c(CN(C)C2CNC2)nn1C. The molecular weight excluding hydrogens is 212 g/mol. The Kier molecular flexibility index (Phi) is 3.00. The Labute approximate surface area is 95.2 Å². The van der Waals surface area contributed by atoms with Crippen molar-refractivity contribution in [2.45, 2.75) is 19.5 Å². The Morgan fingerprint density at radius 1 is 1.60 bits per heavy atom. The number of rotatable bonds is 3. The fourth-order valence-corrected chi connectivity index (χ4v) is 1.92. The first-order valence-corrected chi connectivity index (χ1v) is 5.56. The third-order valence-electron chi connectivity index (χ3n) is 3.11. The largest absolute Gasteiger partial charge is 0.314 e. The smallest absolute Gasteiger partial charge is 0.0953 e. The molecule has 84 valence electrons. The van der Waals surface area contributed by atoms with Gasteiger partial charge in [-0.15, -0.1) is 0 Å². The maximum atomic E-state index is 6.20. The van der Waals surface area contributed by atoms with Crippen molar-refractivity contribution in [1.29, 1.82) is 0 Å². The Morgan fingerprint density at radius 2 is 2.27 bits per heavy atom. The van der Waals surface area contributed by atoms with Gasteiger partial charge in [-0.25, -0.2) is 0 Å². The summed E-state index contributed by atoms with van der Waals surface area (Å²) >= 11 is 6.20. The summed E-state index contributed by atoms with van der Waals surface area (Å²) in [7, 11) is 4.04. The van der Waals surface area contributed by atoms with Gasteiger partial charge in [-0.2, -0.15) is 5.10 Å². The van der Waals surface area contributed by atoms with Crippen molar-refractivity contribution in [3.8, 4) is 0 Å². The molecule has 0 saturated carbocycles. The third-order valence-corrected chi connectivity index (χ3v) is 3.60. The highest BCUT2D eigenvalue weighted by Crippen LogP contribution is 2.21. The maximum absolute atomic E-state index is 6.20. The van der Waals surface area contributed by atoms with Gasteiger partial charge in [0.2, 0.25) is 0 Å². The molecule has 1 N–H and O–H groups in total. The second kappa shape index (κ2) is 4.12. The average molecular weight is 229 g/mol. The normalized spacial score (nSPS) is 17.1. The van der Waals surface area contributed by atoms with E-state index in [1.807, 2.05) is 18.7 Å². The zero-order chi connectivity index (χ0) is 11.0. The zero-order valence-electron chi connectivity index (χ0n) is 9.42. The molecule has 1 aromatic heterocycles. The molecule has 2 rings (SSSR count). The molecule has 0 spiro atoms. The van der Waals surface area contributed by atoms with Crippen molar-refractivity contribution in [2.75, 3.05) is 20.1 Å². The second-order valence-electron chi connectivity index (χ2n) is 4.20. The fraction of sp³-hybridized carbons (Fsp3) is 0.700. The lowest BCUT2D eigenvalue weighted by molar-refractivity contribution is 0.171. The van der Waals surface area contributed by atoms with Gasteiger partial charge in [-0.1, -0.05) is 11.6 Å². The van der Waals surface area contributed by atoms with Crippen LogP contribution in [-0.4, -0.2) is 40.9 Å². The fourth-order valence-electron chi connectivity index (χ4n) is 1.70. The van der Waals surface area contributed by atoms with E-state index in [4.69, 9.17) is 11.6 Å². The van der Waals surface area contributed by atoms with Gasteiger partial charge in [0.05, 0.1) is 16.4 Å². The molecule has 0 aromatic carbocycles. The molecule has 1 aliphatic rings. The van der Waals surface area contributed by atoms with Crippen LogP contribution in [0.3, 0.4) is 0 Å². The van der Waals surface area contributed by atoms with Crippen LogP contribution < -0.4 is 5.32 Å². The summed E-state index contributed by atoms with van der Waals surface area (Å²) in [6.45, 7) is 4.95. The van der Waals surface area contributed by atoms with E-state index in [0.717, 1.165) is 36.0 Å². The molecule has 2 heterocycles. The number of halogens is 1. The minimum atomic E-state index is 0.628. The highest BCUT2D eigenvalue weighted by molar-refractivity contribution is 6.31. The summed E-state index contributed by atoms with van der Waals surface area (Å²) < 4.78 is 1.84. The summed E-state index contributed by atoms with van der Waals surface area (Å²) in [5.41, 5.74) is 2.01. The molecule has 15 heavy (non-hydrogen) atoms. The van der Waals surface area contributed by atoms with E-state index >= 15 is 0 Å². The van der Waals surface area contributed by atoms with Gasteiger partial charge in [0.25, 0.3) is 0 Å². The summed E-state index contributed by atoms with van der Waals surface area (Å²) in [5, 5.41) is 8.47. The molecule has 5 heteroatoms. The maximum Gasteiger partial charge on any atom is 0.0953 e. The van der Waals surface area contributed by atoms with Crippen LogP contribution >= 0.6 is 11.6 Å². The lowest BCUT2D eigenvalue weighted by Gasteiger charge is -2.35. The number of nitrogens with one attached hydrogen (secondary N) is 1. The molecule has 1 aliphatic heterocycles. The van der Waals surface area contributed by atoms with E-state index in [-0.39, 0.29) is 0 Å². The van der Waals surface area contributed by atoms with Crippen LogP contribution in [0.25, 0.3) is 0 Å². The molecule has 0 aliphatic carbocycles. The van der Waals surface area contributed by atoms with E-state index in [1.54, 1.807) is 0 Å². The van der Waals surface area contributed by atoms with E-state index in [9.17, 15) is 0 Å². The zero-order valence-corrected chi connectivity index (χ0v) is 10.2. The summed E-state index contributed by atoms with van der Waals surface area (Å²) in [6, 6.07) is 0.628. The molecule has 1 fully saturated rings. The van der Waals surface area contributed by atoms with E-state index < -0.39 is 0 Å². The first-order chi connectivity index (χ1) is 7.09. The number of likely N-dealkylation sites (N-methyl/N-ethyl adjacent to an activating group) is 1. The highest BCUT2D eigenvalue weighted by atomic mass is 35.5. The average Bonchev–Trinajstić information content (AvgIpc) is 2.30. The lowest BCUT2D eigenvalue weighted by Crippen LogP contribution is -2.55. The Hall–Kier alpha value is -0.580. The Bertz CT molecular complexity index is 357. The predicted octanol–water partition coefficient (Wildman–Crippen LogP) is 0.786. The van der Waals surface area contributed by atoms with Gasteiger partial charge in [0.15, 0.2) is 0 Å². The minimum absolute atomic E-state index is 0.628. The molecule has 1 saturated heterocycles. The van der Waals surface area contributed by atoms with E-state index in [1.165, 1.54) is 0 Å². The van der Waals surface area contributed by atoms with Crippen LogP contribution in [-0.2, 0) is 13.6 Å². The predicted molar refractivity (Wildman–Crippen MR) is 61.1 cm³/mol. The van der Waals surface area contributed by atoms with Gasteiger partial charge in [-0.05, 0) is 14.0 Å². The van der Waals surface area contributed by atoms with Gasteiger partial charge in [-0.3, -0.25) is 9.58 Å². The molecule has 4 nitrogen and oxygen atoms in total. The molecule has 0 radical (unpaired) electrons. The number of aryl methyl sites for hydroxylation is 1. The van der Waals surface area contributed by atoms with Crippen molar-refractivity contribution in [3.05, 3.63) is 16.4 Å². The molecule has 0 atom stereocenters. The third kappa shape index (κ3) is 2.02. The van der Waals surface area contributed by atoms with Crippen LogP contribution in [0, 0.1) is 6.92 Å². The van der Waals surface area contributed by atoms with Gasteiger partial charge in [0.1, 0.15) is 0 Å². The van der Waals surface area contributed by atoms with Crippen molar-refractivity contribution in [3.63, 3.8) is 0 Å². The summed E-state index contributed by atoms with van der Waals surface area (Å²) in [4.78, 5) is 2.30. The quantitative estimate of drug-likeness (QED) is 0.831. The molecule has 1 aromatic rings. The van der Waals surface area contributed by atoms with Crippen molar-refractivity contribution in [2.24, 2.45) is 7.05 Å². The number of hydrogen-bond donors (Lipinski definition) is 1. The molecular formula is C10H17ClN4. The molecule has 0 amide bonds. The monoisotopic (exact) mass is 228 g/mol. The minimum Gasteiger partial charge on any atom is -0.314 e. The van der Waals surface area contributed by atoms with Crippen LogP contribution in [0.2, 0.25) is 5.02 Å². The van der Waals surface area contributed by atoms with Crippen LogP contribution in [0.1, 0.15) is 11.4 Å². The van der Waals surface area contributed by atoms with Crippen LogP contribution in [0.15, 0.2) is 0 Å². The molecule has 0 unspecified atom stereocenters. The number of nitrogens with zero attached hydrogens (tertiary/aromatic N) is 3. The Balaban J connectivity index is 2.06. The highest BCUT2D eigenvalue weighted by Gasteiger charge is 2.23. The Morgan fingerprint density at radius 3 is 2.67 bits per heavy atom. The number of hydrogen-bond acceptors (Lipinski definition) is 3. The number of aromatic nitrogens is 2.